The van der Waals surface area contributed by atoms with Crippen molar-refractivity contribution in [3.8, 4) is 0 Å². The Hall–Kier alpha value is -0.810. The number of halogens is 1. The molecule has 2 atom stereocenters. The molecule has 1 heterocycles. The smallest absolute Gasteiger partial charge is 0.243 e. The van der Waals surface area contributed by atoms with Crippen LogP contribution in [-0.4, -0.2) is 41.9 Å². The van der Waals surface area contributed by atoms with Gasteiger partial charge in [-0.1, -0.05) is 6.92 Å². The molecule has 0 bridgehead atoms. The molecule has 100 valence electrons. The first-order valence-corrected chi connectivity index (χ1v) is 5.90. The van der Waals surface area contributed by atoms with E-state index in [0.29, 0.717) is 25.9 Å². The first-order valence-electron chi connectivity index (χ1n) is 5.90. The molecule has 1 fully saturated rings. The van der Waals surface area contributed by atoms with Crippen molar-refractivity contribution in [1.29, 1.82) is 0 Å². The molecule has 1 rings (SSSR count). The topological polar surface area (TPSA) is 75.4 Å². The lowest BCUT2D eigenvalue weighted by Gasteiger charge is -2.27. The van der Waals surface area contributed by atoms with E-state index in [-0.39, 0.29) is 36.3 Å². The molecule has 0 aromatic rings. The number of nitrogens with two attached hydrogens (primary N) is 1. The van der Waals surface area contributed by atoms with Crippen molar-refractivity contribution in [1.82, 2.24) is 10.2 Å². The fraction of sp³-hybridized carbons (Fsp3) is 0.818. The second-order valence-electron chi connectivity index (χ2n) is 4.26. The Balaban J connectivity index is 0.00000256. The van der Waals surface area contributed by atoms with E-state index in [1.54, 1.807) is 4.90 Å². The van der Waals surface area contributed by atoms with Gasteiger partial charge in [0, 0.05) is 25.6 Å². The number of carbonyl (C=O) groups excluding carboxylic acids is 2. The van der Waals surface area contributed by atoms with Gasteiger partial charge in [0.15, 0.2) is 0 Å². The molecule has 0 aromatic carbocycles. The summed E-state index contributed by atoms with van der Waals surface area (Å²) in [7, 11) is 0. The predicted molar refractivity (Wildman–Crippen MR) is 68.9 cm³/mol. The highest BCUT2D eigenvalue weighted by Gasteiger charge is 2.31. The summed E-state index contributed by atoms with van der Waals surface area (Å²) in [4.78, 5) is 25.2. The third-order valence-electron chi connectivity index (χ3n) is 2.92. The van der Waals surface area contributed by atoms with Crippen molar-refractivity contribution >= 4 is 24.2 Å². The normalized spacial score (nSPS) is 18.5. The van der Waals surface area contributed by atoms with Gasteiger partial charge in [-0.15, -0.1) is 12.4 Å². The van der Waals surface area contributed by atoms with Gasteiger partial charge in [-0.2, -0.15) is 0 Å². The molecule has 0 radical (unpaired) electrons. The van der Waals surface area contributed by atoms with Gasteiger partial charge in [0.2, 0.25) is 11.8 Å². The molecule has 17 heavy (non-hydrogen) atoms. The second-order valence-corrected chi connectivity index (χ2v) is 4.26. The highest BCUT2D eigenvalue weighted by Crippen LogP contribution is 2.15. The minimum Gasteiger partial charge on any atom is -0.351 e. The van der Waals surface area contributed by atoms with E-state index < -0.39 is 0 Å². The zero-order valence-electron chi connectivity index (χ0n) is 10.4. The van der Waals surface area contributed by atoms with Crippen molar-refractivity contribution in [3.63, 3.8) is 0 Å². The molecule has 0 spiro atoms. The van der Waals surface area contributed by atoms with Gasteiger partial charge in [0.1, 0.15) is 6.04 Å². The molecule has 1 saturated heterocycles. The molecular weight excluding hydrogens is 242 g/mol. The van der Waals surface area contributed by atoms with Gasteiger partial charge in [0.05, 0.1) is 0 Å². The van der Waals surface area contributed by atoms with Crippen LogP contribution in [0.5, 0.6) is 0 Å². The van der Waals surface area contributed by atoms with Crippen LogP contribution in [0, 0.1) is 0 Å². The Bertz CT molecular complexity index is 273. The summed E-state index contributed by atoms with van der Waals surface area (Å²) in [5, 5.41) is 2.82. The van der Waals surface area contributed by atoms with Crippen LogP contribution in [0.3, 0.4) is 0 Å². The zero-order chi connectivity index (χ0) is 12.1. The summed E-state index contributed by atoms with van der Waals surface area (Å²) < 4.78 is 0. The quantitative estimate of drug-likeness (QED) is 0.748. The minimum atomic E-state index is -0.330. The summed E-state index contributed by atoms with van der Waals surface area (Å²) in [5.74, 6) is -0.00176. The Kier molecular flexibility index (Phi) is 7.15. The summed E-state index contributed by atoms with van der Waals surface area (Å²) in [5.41, 5.74) is 5.45. The fourth-order valence-corrected chi connectivity index (χ4v) is 1.94. The molecule has 0 aliphatic carbocycles. The van der Waals surface area contributed by atoms with Crippen LogP contribution >= 0.6 is 12.4 Å². The fourth-order valence-electron chi connectivity index (χ4n) is 1.94. The summed E-state index contributed by atoms with van der Waals surface area (Å²) in [6.45, 7) is 4.89. The standard InChI is InChI=1S/C11H21N3O2.ClH/c1-3-9(11(16)13-8(2)7-12)14-6-4-5-10(14)15;/h8-9H,3-7,12H2,1-2H3,(H,13,16);1H/t8-,9?;/m0./s1. The van der Waals surface area contributed by atoms with E-state index in [4.69, 9.17) is 5.73 Å². The number of hydrogen-bond acceptors (Lipinski definition) is 3. The van der Waals surface area contributed by atoms with E-state index >= 15 is 0 Å². The largest absolute Gasteiger partial charge is 0.351 e. The Morgan fingerprint density at radius 1 is 1.59 bits per heavy atom. The molecule has 1 unspecified atom stereocenters. The summed E-state index contributed by atoms with van der Waals surface area (Å²) in [6.07, 6.45) is 2.07. The molecule has 0 saturated carbocycles. The van der Waals surface area contributed by atoms with Gasteiger partial charge >= 0.3 is 0 Å². The van der Waals surface area contributed by atoms with Crippen molar-refractivity contribution in [2.75, 3.05) is 13.1 Å². The average Bonchev–Trinajstić information content (AvgIpc) is 2.66. The molecule has 2 amide bonds. The van der Waals surface area contributed by atoms with Crippen molar-refractivity contribution in [3.05, 3.63) is 0 Å². The minimum absolute atomic E-state index is 0. The maximum absolute atomic E-state index is 11.9. The number of nitrogens with one attached hydrogen (secondary N) is 1. The van der Waals surface area contributed by atoms with E-state index in [2.05, 4.69) is 5.32 Å². The first-order chi connectivity index (χ1) is 7.60. The molecule has 5 nitrogen and oxygen atoms in total. The van der Waals surface area contributed by atoms with Gasteiger partial charge in [-0.25, -0.2) is 0 Å². The Morgan fingerprint density at radius 3 is 2.65 bits per heavy atom. The second kappa shape index (κ2) is 7.50. The number of amides is 2. The van der Waals surface area contributed by atoms with Crippen LogP contribution < -0.4 is 11.1 Å². The highest BCUT2D eigenvalue weighted by atomic mass is 35.5. The maximum atomic E-state index is 11.9. The Morgan fingerprint density at radius 2 is 2.24 bits per heavy atom. The summed E-state index contributed by atoms with van der Waals surface area (Å²) in [6, 6.07) is -0.372. The van der Waals surface area contributed by atoms with Crippen LogP contribution in [-0.2, 0) is 9.59 Å². The SMILES string of the molecule is CCC(C(=O)N[C@@H](C)CN)N1CCCC1=O.Cl. The lowest BCUT2D eigenvalue weighted by Crippen LogP contribution is -2.50. The molecular formula is C11H22ClN3O2. The summed E-state index contributed by atoms with van der Waals surface area (Å²) >= 11 is 0. The third-order valence-corrected chi connectivity index (χ3v) is 2.92. The Labute approximate surface area is 109 Å². The van der Waals surface area contributed by atoms with E-state index in [0.717, 1.165) is 6.42 Å². The zero-order valence-corrected chi connectivity index (χ0v) is 11.3. The predicted octanol–water partition coefficient (Wildman–Crippen LogP) is 0.273. The number of hydrogen-bond donors (Lipinski definition) is 2. The lowest BCUT2D eigenvalue weighted by molar-refractivity contribution is -0.137. The van der Waals surface area contributed by atoms with Gasteiger partial charge < -0.3 is 16.0 Å². The van der Waals surface area contributed by atoms with Crippen LogP contribution in [0.2, 0.25) is 0 Å². The number of nitrogens with zero attached hydrogens (tertiary/aromatic N) is 1. The number of carbonyl (C=O) groups is 2. The van der Waals surface area contributed by atoms with Gasteiger partial charge in [-0.3, -0.25) is 9.59 Å². The van der Waals surface area contributed by atoms with Gasteiger partial charge in [0.25, 0.3) is 0 Å². The van der Waals surface area contributed by atoms with Crippen molar-refractivity contribution in [2.45, 2.75) is 45.2 Å². The molecule has 0 aromatic heterocycles. The average molecular weight is 264 g/mol. The molecule has 6 heteroatoms. The number of rotatable bonds is 5. The van der Waals surface area contributed by atoms with E-state index in [9.17, 15) is 9.59 Å². The molecule has 1 aliphatic heterocycles. The number of likely N-dealkylation sites (tertiary alicyclic amines) is 1. The molecule has 3 N–H and O–H groups in total. The maximum Gasteiger partial charge on any atom is 0.243 e. The van der Waals surface area contributed by atoms with E-state index in [1.165, 1.54) is 0 Å². The van der Waals surface area contributed by atoms with E-state index in [1.807, 2.05) is 13.8 Å². The van der Waals surface area contributed by atoms with Crippen molar-refractivity contribution in [2.24, 2.45) is 5.73 Å². The van der Waals surface area contributed by atoms with Crippen molar-refractivity contribution < 1.29 is 9.59 Å². The highest BCUT2D eigenvalue weighted by molar-refractivity contribution is 5.88. The first kappa shape index (κ1) is 16.2. The monoisotopic (exact) mass is 263 g/mol. The van der Waals surface area contributed by atoms with Crippen LogP contribution in [0.4, 0.5) is 0 Å². The lowest BCUT2D eigenvalue weighted by atomic mass is 10.1. The van der Waals surface area contributed by atoms with Gasteiger partial charge in [-0.05, 0) is 19.8 Å². The van der Waals surface area contributed by atoms with Crippen LogP contribution in [0.1, 0.15) is 33.1 Å². The van der Waals surface area contributed by atoms with Crippen LogP contribution in [0.15, 0.2) is 0 Å². The molecule has 1 aliphatic rings. The van der Waals surface area contributed by atoms with Crippen LogP contribution in [0.25, 0.3) is 0 Å². The third kappa shape index (κ3) is 4.16.